The zero-order valence-electron chi connectivity index (χ0n) is 10.4. The molecule has 0 bridgehead atoms. The first-order valence-corrected chi connectivity index (χ1v) is 5.56. The maximum absolute atomic E-state index is 5.41. The van der Waals surface area contributed by atoms with E-state index in [9.17, 15) is 0 Å². The lowest BCUT2D eigenvalue weighted by molar-refractivity contribution is 0.300. The third-order valence-corrected chi connectivity index (χ3v) is 3.39. The van der Waals surface area contributed by atoms with Crippen molar-refractivity contribution in [3.63, 3.8) is 0 Å². The average molecular weight is 221 g/mol. The Bertz CT molecular complexity index is 355. The van der Waals surface area contributed by atoms with Gasteiger partial charge in [-0.3, -0.25) is 0 Å². The highest BCUT2D eigenvalue weighted by molar-refractivity contribution is 5.52. The van der Waals surface area contributed by atoms with Gasteiger partial charge < -0.3 is 14.4 Å². The minimum absolute atomic E-state index is 0.556. The molecule has 0 atom stereocenters. The molecule has 2 rings (SSSR count). The molecule has 1 aromatic carbocycles. The first-order valence-electron chi connectivity index (χ1n) is 5.56. The van der Waals surface area contributed by atoms with E-state index >= 15 is 0 Å². The molecule has 3 nitrogen and oxygen atoms in total. The number of likely N-dealkylation sites (N-methyl/N-ethyl adjacent to an activating group) is 1. The van der Waals surface area contributed by atoms with Gasteiger partial charge in [-0.05, 0) is 39.1 Å². The van der Waals surface area contributed by atoms with Crippen LogP contribution in [0.25, 0.3) is 0 Å². The van der Waals surface area contributed by atoms with Gasteiger partial charge in [0.2, 0.25) is 0 Å². The summed E-state index contributed by atoms with van der Waals surface area (Å²) >= 11 is 0. The fourth-order valence-electron chi connectivity index (χ4n) is 2.39. The molecule has 0 aliphatic heterocycles. The molecule has 0 aromatic heterocycles. The molecular weight excluding hydrogens is 202 g/mol. The molecule has 88 valence electrons. The quantitative estimate of drug-likeness (QED) is 0.776. The summed E-state index contributed by atoms with van der Waals surface area (Å²) in [5.74, 6) is 1.97. The molecule has 0 saturated carbocycles. The highest BCUT2D eigenvalue weighted by atomic mass is 16.5. The second kappa shape index (κ2) is 4.34. The van der Waals surface area contributed by atoms with Crippen molar-refractivity contribution < 1.29 is 9.47 Å². The monoisotopic (exact) mass is 221 g/mol. The van der Waals surface area contributed by atoms with Crippen molar-refractivity contribution in [3.8, 4) is 11.5 Å². The lowest BCUT2D eigenvalue weighted by Gasteiger charge is -2.17. The van der Waals surface area contributed by atoms with Crippen LogP contribution in [0.4, 0.5) is 0 Å². The van der Waals surface area contributed by atoms with Crippen molar-refractivity contribution in [1.82, 2.24) is 4.90 Å². The van der Waals surface area contributed by atoms with Gasteiger partial charge in [0.15, 0.2) is 0 Å². The number of hydrogen-bond donors (Lipinski definition) is 0. The Kier molecular flexibility index (Phi) is 3.06. The van der Waals surface area contributed by atoms with Crippen LogP contribution in [-0.4, -0.2) is 39.3 Å². The second-order valence-corrected chi connectivity index (χ2v) is 4.45. The summed E-state index contributed by atoms with van der Waals surface area (Å²) < 4.78 is 10.8. The Hall–Kier alpha value is -1.22. The van der Waals surface area contributed by atoms with Crippen molar-refractivity contribution >= 4 is 0 Å². The molecule has 0 spiro atoms. The zero-order chi connectivity index (χ0) is 11.7. The molecule has 1 aliphatic carbocycles. The Morgan fingerprint density at radius 1 is 1.00 bits per heavy atom. The lowest BCUT2D eigenvalue weighted by atomic mass is 10.1. The summed E-state index contributed by atoms with van der Waals surface area (Å²) in [6.45, 7) is 0. The first-order chi connectivity index (χ1) is 7.67. The number of ether oxygens (including phenoxy) is 2. The number of benzene rings is 1. The van der Waals surface area contributed by atoms with Crippen molar-refractivity contribution in [1.29, 1.82) is 0 Å². The van der Waals surface area contributed by atoms with Gasteiger partial charge >= 0.3 is 0 Å². The summed E-state index contributed by atoms with van der Waals surface area (Å²) in [6, 6.07) is 4.55. The molecule has 0 N–H and O–H groups in total. The van der Waals surface area contributed by atoms with E-state index in [0.29, 0.717) is 6.04 Å². The molecule has 0 unspecified atom stereocenters. The van der Waals surface area contributed by atoms with Crippen LogP contribution in [0, 0.1) is 0 Å². The normalized spacial score (nSPS) is 15.3. The van der Waals surface area contributed by atoms with Crippen LogP contribution in [0.1, 0.15) is 11.1 Å². The lowest BCUT2D eigenvalue weighted by Crippen LogP contribution is -2.28. The fourth-order valence-corrected chi connectivity index (χ4v) is 2.39. The topological polar surface area (TPSA) is 21.7 Å². The van der Waals surface area contributed by atoms with Gasteiger partial charge in [-0.25, -0.2) is 0 Å². The molecular formula is C13H19NO2. The van der Waals surface area contributed by atoms with E-state index in [1.807, 2.05) is 12.1 Å². The zero-order valence-corrected chi connectivity index (χ0v) is 10.4. The van der Waals surface area contributed by atoms with Gasteiger partial charge in [0.1, 0.15) is 11.5 Å². The van der Waals surface area contributed by atoms with Gasteiger partial charge in [-0.2, -0.15) is 0 Å². The molecule has 1 aromatic rings. The highest BCUT2D eigenvalue weighted by Gasteiger charge is 2.28. The molecule has 0 saturated heterocycles. The van der Waals surface area contributed by atoms with Gasteiger partial charge in [0.25, 0.3) is 0 Å². The van der Waals surface area contributed by atoms with E-state index in [-0.39, 0.29) is 0 Å². The van der Waals surface area contributed by atoms with Crippen molar-refractivity contribution in [2.45, 2.75) is 18.9 Å². The maximum Gasteiger partial charge on any atom is 0.122 e. The maximum atomic E-state index is 5.41. The average Bonchev–Trinajstić information content (AvgIpc) is 2.72. The van der Waals surface area contributed by atoms with Crippen LogP contribution in [0.2, 0.25) is 0 Å². The van der Waals surface area contributed by atoms with E-state index in [4.69, 9.17) is 9.47 Å². The molecule has 1 aliphatic rings. The van der Waals surface area contributed by atoms with Crippen LogP contribution < -0.4 is 9.47 Å². The predicted molar refractivity (Wildman–Crippen MR) is 64.4 cm³/mol. The summed E-state index contributed by atoms with van der Waals surface area (Å²) in [7, 11) is 7.70. The van der Waals surface area contributed by atoms with Gasteiger partial charge in [0.05, 0.1) is 14.2 Å². The van der Waals surface area contributed by atoms with Crippen molar-refractivity contribution in [2.75, 3.05) is 28.3 Å². The smallest absolute Gasteiger partial charge is 0.122 e. The van der Waals surface area contributed by atoms with Gasteiger partial charge in [0, 0.05) is 17.2 Å². The minimum atomic E-state index is 0.556. The van der Waals surface area contributed by atoms with Crippen LogP contribution >= 0.6 is 0 Å². The Labute approximate surface area is 97.0 Å². The first kappa shape index (κ1) is 11.3. The third kappa shape index (κ3) is 1.76. The number of hydrogen-bond acceptors (Lipinski definition) is 3. The standard InChI is InChI=1S/C13H19NO2/c1-14(2)9-7-10-11(8-9)13(16-4)6-5-12(10)15-3/h5-6,9H,7-8H2,1-4H3. The van der Waals surface area contributed by atoms with Gasteiger partial charge in [-0.15, -0.1) is 0 Å². The van der Waals surface area contributed by atoms with Gasteiger partial charge in [-0.1, -0.05) is 0 Å². The molecule has 0 radical (unpaired) electrons. The van der Waals surface area contributed by atoms with E-state index < -0.39 is 0 Å². The fraction of sp³-hybridized carbons (Fsp3) is 0.538. The van der Waals surface area contributed by atoms with Crippen molar-refractivity contribution in [3.05, 3.63) is 23.3 Å². The second-order valence-electron chi connectivity index (χ2n) is 4.45. The van der Waals surface area contributed by atoms with Crippen LogP contribution in [0.3, 0.4) is 0 Å². The summed E-state index contributed by atoms with van der Waals surface area (Å²) in [4.78, 5) is 2.26. The SMILES string of the molecule is COc1ccc(OC)c2c1CC(N(C)C)C2. The Morgan fingerprint density at radius 3 is 1.75 bits per heavy atom. The molecule has 0 fully saturated rings. The summed E-state index contributed by atoms with van der Waals surface area (Å²) in [6.07, 6.45) is 2.09. The Balaban J connectivity index is 2.40. The van der Waals surface area contributed by atoms with Crippen LogP contribution in [-0.2, 0) is 12.8 Å². The number of fused-ring (bicyclic) bond motifs is 1. The van der Waals surface area contributed by atoms with E-state index in [1.165, 1.54) is 11.1 Å². The Morgan fingerprint density at radius 2 is 1.44 bits per heavy atom. The predicted octanol–water partition coefficient (Wildman–Crippen LogP) is 1.73. The number of methoxy groups -OCH3 is 2. The van der Waals surface area contributed by atoms with Crippen LogP contribution in [0.5, 0.6) is 11.5 Å². The number of rotatable bonds is 3. The number of nitrogens with zero attached hydrogens (tertiary/aromatic N) is 1. The largest absolute Gasteiger partial charge is 0.496 e. The molecule has 16 heavy (non-hydrogen) atoms. The third-order valence-electron chi connectivity index (χ3n) is 3.39. The minimum Gasteiger partial charge on any atom is -0.496 e. The summed E-state index contributed by atoms with van der Waals surface area (Å²) in [5, 5.41) is 0. The van der Waals surface area contributed by atoms with E-state index in [1.54, 1.807) is 14.2 Å². The molecule has 0 amide bonds. The van der Waals surface area contributed by atoms with E-state index in [0.717, 1.165) is 24.3 Å². The van der Waals surface area contributed by atoms with Crippen LogP contribution in [0.15, 0.2) is 12.1 Å². The molecule has 0 heterocycles. The highest BCUT2D eigenvalue weighted by Crippen LogP contribution is 2.37. The van der Waals surface area contributed by atoms with Crippen molar-refractivity contribution in [2.24, 2.45) is 0 Å². The molecule has 3 heteroatoms. The van der Waals surface area contributed by atoms with E-state index in [2.05, 4.69) is 19.0 Å². The summed E-state index contributed by atoms with van der Waals surface area (Å²) in [5.41, 5.74) is 2.61.